The second-order valence-corrected chi connectivity index (χ2v) is 8.29. The molecule has 2 unspecified atom stereocenters. The summed E-state index contributed by atoms with van der Waals surface area (Å²) in [6, 6.07) is 0.286. The van der Waals surface area contributed by atoms with E-state index in [1.54, 1.807) is 0 Å². The number of nitrogens with zero attached hydrogens (tertiary/aromatic N) is 1. The predicted octanol–water partition coefficient (Wildman–Crippen LogP) is 0.802. The van der Waals surface area contributed by atoms with E-state index in [4.69, 9.17) is 0 Å². The van der Waals surface area contributed by atoms with Crippen LogP contribution in [0.4, 0.5) is 0 Å². The molecular weight excluding hydrogens is 276 g/mol. The fourth-order valence-corrected chi connectivity index (χ4v) is 5.11. The molecule has 0 aromatic carbocycles. The number of rotatable bonds is 5. The van der Waals surface area contributed by atoms with Gasteiger partial charge in [-0.1, -0.05) is 6.92 Å². The van der Waals surface area contributed by atoms with Gasteiger partial charge in [0.15, 0.2) is 9.84 Å². The maximum absolute atomic E-state index is 12.5. The van der Waals surface area contributed by atoms with E-state index in [9.17, 15) is 13.2 Å². The monoisotopic (exact) mass is 302 g/mol. The van der Waals surface area contributed by atoms with E-state index in [2.05, 4.69) is 12.2 Å². The Labute approximate surface area is 122 Å². The largest absolute Gasteiger partial charge is 0.338 e. The molecule has 2 heterocycles. The molecular formula is C14H26N2O3S. The Balaban J connectivity index is 1.92. The van der Waals surface area contributed by atoms with Gasteiger partial charge in [0.1, 0.15) is 0 Å². The Morgan fingerprint density at radius 2 is 2.15 bits per heavy atom. The van der Waals surface area contributed by atoms with Crippen LogP contribution in [0.3, 0.4) is 0 Å². The summed E-state index contributed by atoms with van der Waals surface area (Å²) in [4.78, 5) is 14.5. The lowest BCUT2D eigenvalue weighted by Gasteiger charge is -2.35. The highest BCUT2D eigenvalue weighted by atomic mass is 32.2. The van der Waals surface area contributed by atoms with Crippen LogP contribution in [-0.4, -0.2) is 56.4 Å². The van der Waals surface area contributed by atoms with E-state index in [1.165, 1.54) is 0 Å². The van der Waals surface area contributed by atoms with Gasteiger partial charge >= 0.3 is 0 Å². The van der Waals surface area contributed by atoms with Crippen LogP contribution in [0.1, 0.15) is 39.0 Å². The lowest BCUT2D eigenvalue weighted by Crippen LogP contribution is -2.49. The number of piperidine rings is 1. The lowest BCUT2D eigenvalue weighted by molar-refractivity contribution is -0.134. The van der Waals surface area contributed by atoms with Gasteiger partial charge in [0.2, 0.25) is 5.91 Å². The van der Waals surface area contributed by atoms with Crippen molar-refractivity contribution in [1.82, 2.24) is 10.2 Å². The van der Waals surface area contributed by atoms with Crippen LogP contribution in [0.5, 0.6) is 0 Å². The van der Waals surface area contributed by atoms with Crippen molar-refractivity contribution >= 4 is 15.7 Å². The van der Waals surface area contributed by atoms with Crippen LogP contribution in [0.2, 0.25) is 0 Å². The molecule has 2 atom stereocenters. The summed E-state index contributed by atoms with van der Waals surface area (Å²) >= 11 is 0. The fourth-order valence-electron chi connectivity index (χ4n) is 3.25. The summed E-state index contributed by atoms with van der Waals surface area (Å²) < 4.78 is 23.0. The fraction of sp³-hybridized carbons (Fsp3) is 0.929. The zero-order valence-electron chi connectivity index (χ0n) is 12.3. The van der Waals surface area contributed by atoms with Gasteiger partial charge in [-0.2, -0.15) is 0 Å². The molecule has 20 heavy (non-hydrogen) atoms. The Bertz CT molecular complexity index is 430. The molecule has 0 aromatic heterocycles. The molecule has 116 valence electrons. The molecule has 2 aliphatic heterocycles. The molecule has 0 aliphatic carbocycles. The third-order valence-electron chi connectivity index (χ3n) is 4.29. The molecule has 2 saturated heterocycles. The highest BCUT2D eigenvalue weighted by Gasteiger charge is 2.32. The van der Waals surface area contributed by atoms with Crippen LogP contribution in [0.15, 0.2) is 0 Å². The smallest absolute Gasteiger partial charge is 0.223 e. The van der Waals surface area contributed by atoms with Gasteiger partial charge in [0.25, 0.3) is 0 Å². The maximum Gasteiger partial charge on any atom is 0.223 e. The first kappa shape index (κ1) is 15.8. The number of carbonyl (C=O) groups excluding carboxylic acids is 1. The molecule has 2 fully saturated rings. The predicted molar refractivity (Wildman–Crippen MR) is 79.3 cm³/mol. The third-order valence-corrected chi connectivity index (χ3v) is 6.12. The minimum Gasteiger partial charge on any atom is -0.338 e. The number of hydrogen-bond donors (Lipinski definition) is 1. The van der Waals surface area contributed by atoms with Crippen molar-refractivity contribution in [3.63, 3.8) is 0 Å². The SMILES string of the molecule is CCCN(C(=O)CC1CCS(=O)(=O)C1)C1CCCNC1. The topological polar surface area (TPSA) is 66.5 Å². The highest BCUT2D eigenvalue weighted by Crippen LogP contribution is 2.23. The van der Waals surface area contributed by atoms with Crippen molar-refractivity contribution in [3.05, 3.63) is 0 Å². The van der Waals surface area contributed by atoms with E-state index in [-0.39, 0.29) is 29.4 Å². The van der Waals surface area contributed by atoms with E-state index in [0.717, 1.165) is 38.9 Å². The van der Waals surface area contributed by atoms with Gasteiger partial charge in [-0.3, -0.25) is 4.79 Å². The minimum atomic E-state index is -2.89. The van der Waals surface area contributed by atoms with E-state index < -0.39 is 9.84 Å². The minimum absolute atomic E-state index is 0.0309. The summed E-state index contributed by atoms with van der Waals surface area (Å²) in [6.45, 7) is 4.77. The molecule has 1 amide bonds. The summed E-state index contributed by atoms with van der Waals surface area (Å²) in [7, 11) is -2.89. The zero-order chi connectivity index (χ0) is 14.6. The first-order chi connectivity index (χ1) is 9.52. The summed E-state index contributed by atoms with van der Waals surface area (Å²) in [5.74, 6) is 0.622. The molecule has 2 aliphatic rings. The number of nitrogens with one attached hydrogen (secondary N) is 1. The summed E-state index contributed by atoms with van der Waals surface area (Å²) in [5.41, 5.74) is 0. The molecule has 1 N–H and O–H groups in total. The average molecular weight is 302 g/mol. The van der Waals surface area contributed by atoms with Crippen LogP contribution in [-0.2, 0) is 14.6 Å². The number of amides is 1. The first-order valence-electron chi connectivity index (χ1n) is 7.72. The third kappa shape index (κ3) is 4.19. The van der Waals surface area contributed by atoms with Crippen LogP contribution in [0, 0.1) is 5.92 Å². The normalized spacial score (nSPS) is 29.2. The van der Waals surface area contributed by atoms with Gasteiger partial charge in [0, 0.05) is 25.6 Å². The molecule has 5 nitrogen and oxygen atoms in total. The van der Waals surface area contributed by atoms with Crippen molar-refractivity contribution in [1.29, 1.82) is 0 Å². The van der Waals surface area contributed by atoms with E-state index >= 15 is 0 Å². The lowest BCUT2D eigenvalue weighted by atomic mass is 10.0. The van der Waals surface area contributed by atoms with Gasteiger partial charge in [-0.05, 0) is 38.1 Å². The maximum atomic E-state index is 12.5. The van der Waals surface area contributed by atoms with E-state index in [1.807, 2.05) is 4.90 Å². The second-order valence-electron chi connectivity index (χ2n) is 6.06. The van der Waals surface area contributed by atoms with Crippen molar-refractivity contribution in [3.8, 4) is 0 Å². The molecule has 6 heteroatoms. The van der Waals surface area contributed by atoms with Crippen molar-refractivity contribution in [2.45, 2.75) is 45.1 Å². The Morgan fingerprint density at radius 1 is 1.35 bits per heavy atom. The molecule has 0 saturated carbocycles. The van der Waals surface area contributed by atoms with Crippen molar-refractivity contribution < 1.29 is 13.2 Å². The zero-order valence-corrected chi connectivity index (χ0v) is 13.1. The molecule has 0 radical (unpaired) electrons. The molecule has 0 spiro atoms. The first-order valence-corrected chi connectivity index (χ1v) is 9.54. The molecule has 0 aromatic rings. The van der Waals surface area contributed by atoms with Gasteiger partial charge < -0.3 is 10.2 Å². The van der Waals surface area contributed by atoms with E-state index in [0.29, 0.717) is 12.8 Å². The number of hydrogen-bond acceptors (Lipinski definition) is 4. The average Bonchev–Trinajstić information content (AvgIpc) is 2.76. The van der Waals surface area contributed by atoms with Gasteiger partial charge in [-0.15, -0.1) is 0 Å². The van der Waals surface area contributed by atoms with Crippen LogP contribution < -0.4 is 5.32 Å². The Hall–Kier alpha value is -0.620. The van der Waals surface area contributed by atoms with Crippen molar-refractivity contribution in [2.75, 3.05) is 31.1 Å². The summed E-state index contributed by atoms with van der Waals surface area (Å²) in [5, 5.41) is 3.35. The van der Waals surface area contributed by atoms with Crippen molar-refractivity contribution in [2.24, 2.45) is 5.92 Å². The Morgan fingerprint density at radius 3 is 2.70 bits per heavy atom. The number of carbonyl (C=O) groups is 1. The van der Waals surface area contributed by atoms with Gasteiger partial charge in [0.05, 0.1) is 11.5 Å². The Kier molecular flexibility index (Phi) is 5.43. The van der Waals surface area contributed by atoms with Crippen LogP contribution in [0.25, 0.3) is 0 Å². The quantitative estimate of drug-likeness (QED) is 0.816. The van der Waals surface area contributed by atoms with Gasteiger partial charge in [-0.25, -0.2) is 8.42 Å². The molecule has 0 bridgehead atoms. The van der Waals surface area contributed by atoms with Crippen LogP contribution >= 0.6 is 0 Å². The standard InChI is InChI=1S/C14H26N2O3S/c1-2-7-16(13-4-3-6-15-10-13)14(17)9-12-5-8-20(18,19)11-12/h12-13,15H,2-11H2,1H3. The number of sulfone groups is 1. The molecule has 2 rings (SSSR count). The summed E-state index contributed by atoms with van der Waals surface area (Å²) in [6.07, 6.45) is 4.16. The highest BCUT2D eigenvalue weighted by molar-refractivity contribution is 7.91. The second kappa shape index (κ2) is 6.89.